The Morgan fingerprint density at radius 3 is 2.74 bits per heavy atom. The van der Waals surface area contributed by atoms with E-state index in [0.29, 0.717) is 28.6 Å². The van der Waals surface area contributed by atoms with Gasteiger partial charge in [0.15, 0.2) is 17.7 Å². The summed E-state index contributed by atoms with van der Waals surface area (Å²) in [7, 11) is 0. The zero-order valence-electron chi connectivity index (χ0n) is 25.2. The third-order valence-corrected chi connectivity index (χ3v) is 9.00. The number of halogens is 2. The minimum atomic E-state index is -0.739. The van der Waals surface area contributed by atoms with Crippen LogP contribution in [0.1, 0.15) is 80.7 Å². The van der Waals surface area contributed by atoms with Gasteiger partial charge in [-0.3, -0.25) is 9.59 Å². The highest BCUT2D eigenvalue weighted by Gasteiger charge is 2.44. The molecule has 2 atom stereocenters. The van der Waals surface area contributed by atoms with Crippen molar-refractivity contribution in [2.45, 2.75) is 84.1 Å². The maximum absolute atomic E-state index is 14.4. The molecule has 0 saturated carbocycles. The van der Waals surface area contributed by atoms with Crippen molar-refractivity contribution in [3.05, 3.63) is 68.6 Å². The molecule has 1 amide bonds. The summed E-state index contributed by atoms with van der Waals surface area (Å²) in [6.45, 7) is 9.49. The Balaban J connectivity index is 1.58. The van der Waals surface area contributed by atoms with Gasteiger partial charge in [0.05, 0.1) is 24.3 Å². The number of ether oxygens (including phenoxy) is 3. The summed E-state index contributed by atoms with van der Waals surface area (Å²) in [5, 5.41) is 0.427. The van der Waals surface area contributed by atoms with Crippen LogP contribution in [-0.2, 0) is 21.4 Å². The highest BCUT2D eigenvalue weighted by atomic mass is 32.1. The topological polar surface area (TPSA) is 82.9 Å². The summed E-state index contributed by atoms with van der Waals surface area (Å²) in [6, 6.07) is 3.37. The number of amides is 1. The normalized spacial score (nSPS) is 20.5. The average molecular weight is 616 g/mol. The molecule has 1 aromatic carbocycles. The molecule has 8 nitrogen and oxygen atoms in total. The minimum Gasteiger partial charge on any atom is -0.487 e. The molecule has 2 aliphatic rings. The molecule has 1 saturated heterocycles. The van der Waals surface area contributed by atoms with E-state index in [1.54, 1.807) is 17.3 Å². The Labute approximate surface area is 254 Å². The summed E-state index contributed by atoms with van der Waals surface area (Å²) in [5.41, 5.74) is -0.343. The lowest BCUT2D eigenvalue weighted by molar-refractivity contribution is -0.177. The summed E-state index contributed by atoms with van der Waals surface area (Å²) in [5.74, 6) is -1.55. The lowest BCUT2D eigenvalue weighted by Crippen LogP contribution is -2.57. The monoisotopic (exact) mass is 615 g/mol. The van der Waals surface area contributed by atoms with Crippen LogP contribution in [0.25, 0.3) is 10.6 Å². The highest BCUT2D eigenvalue weighted by molar-refractivity contribution is 7.15. The lowest BCUT2D eigenvalue weighted by atomic mass is 9.95. The molecule has 43 heavy (non-hydrogen) atoms. The fourth-order valence-corrected chi connectivity index (χ4v) is 6.43. The van der Waals surface area contributed by atoms with Crippen LogP contribution >= 0.6 is 11.3 Å². The molecule has 0 spiro atoms. The van der Waals surface area contributed by atoms with Crippen molar-refractivity contribution < 1.29 is 27.8 Å². The van der Waals surface area contributed by atoms with Gasteiger partial charge in [0.25, 0.3) is 5.91 Å². The Morgan fingerprint density at radius 2 is 2.05 bits per heavy atom. The largest absolute Gasteiger partial charge is 0.487 e. The van der Waals surface area contributed by atoms with E-state index in [-0.39, 0.29) is 54.9 Å². The molecule has 0 aliphatic carbocycles. The number of pyridine rings is 1. The molecule has 2 aromatic heterocycles. The van der Waals surface area contributed by atoms with E-state index in [9.17, 15) is 18.4 Å². The number of aromatic nitrogens is 2. The van der Waals surface area contributed by atoms with Crippen LogP contribution in [0.3, 0.4) is 0 Å². The van der Waals surface area contributed by atoms with Crippen molar-refractivity contribution in [3.63, 3.8) is 0 Å². The zero-order valence-corrected chi connectivity index (χ0v) is 26.0. The maximum Gasteiger partial charge on any atom is 0.274 e. The van der Waals surface area contributed by atoms with Crippen molar-refractivity contribution in [1.82, 2.24) is 14.5 Å². The fraction of sp³-hybridized carbons (Fsp3) is 0.531. The van der Waals surface area contributed by atoms with Crippen LogP contribution in [0.4, 0.5) is 8.78 Å². The highest BCUT2D eigenvalue weighted by Crippen LogP contribution is 2.36. The van der Waals surface area contributed by atoms with E-state index >= 15 is 0 Å². The van der Waals surface area contributed by atoms with E-state index in [2.05, 4.69) is 4.98 Å². The molecule has 11 heteroatoms. The number of rotatable bonds is 11. The lowest BCUT2D eigenvalue weighted by Gasteiger charge is -2.45. The third kappa shape index (κ3) is 6.68. The molecule has 4 heterocycles. The van der Waals surface area contributed by atoms with Gasteiger partial charge in [0.2, 0.25) is 5.43 Å². The molecule has 5 rings (SSSR count). The molecule has 232 valence electrons. The Kier molecular flexibility index (Phi) is 9.63. The molecule has 0 N–H and O–H groups in total. The molecule has 2 unspecified atom stereocenters. The van der Waals surface area contributed by atoms with Gasteiger partial charge < -0.3 is 23.7 Å². The van der Waals surface area contributed by atoms with Crippen LogP contribution in [-0.4, -0.2) is 59.1 Å². The minimum absolute atomic E-state index is 0.00257. The zero-order chi connectivity index (χ0) is 30.7. The first-order chi connectivity index (χ1) is 20.6. The van der Waals surface area contributed by atoms with Crippen molar-refractivity contribution in [3.8, 4) is 16.3 Å². The summed E-state index contributed by atoms with van der Waals surface area (Å²) in [4.78, 5) is 34.9. The predicted molar refractivity (Wildman–Crippen MR) is 161 cm³/mol. The predicted octanol–water partition coefficient (Wildman–Crippen LogP) is 6.14. The molecular weight excluding hydrogens is 576 g/mol. The number of carbonyl (C=O) groups excluding carboxylic acids is 1. The number of carbonyl (C=O) groups is 1. The molecule has 0 bridgehead atoms. The first-order valence-electron chi connectivity index (χ1n) is 15.0. The SMILES string of the molecule is CCCCOc1c2n(cc(-c3ncc(Cc4ccc(F)cc4F)s3)c1=O)C(C)(COC1CCCCO1)CN(C(C)C)C2=O. The third-order valence-electron chi connectivity index (χ3n) is 7.97. The van der Waals surface area contributed by atoms with Crippen LogP contribution in [0.5, 0.6) is 5.75 Å². The van der Waals surface area contributed by atoms with Gasteiger partial charge in [-0.1, -0.05) is 19.4 Å². The standard InChI is InChI=1S/C32H39F2N3O5S/c1-5-6-12-41-29-27-31(39)36(20(2)3)18-32(4,19-42-26-9-7-8-13-40-26)37(27)17-24(28(29)38)30-35-16-23(43-30)14-21-10-11-22(33)15-25(21)34/h10-11,15-17,20,26H,5-9,12-14,18-19H2,1-4H3. The first kappa shape index (κ1) is 31.3. The molecule has 3 aromatic rings. The van der Waals surface area contributed by atoms with Gasteiger partial charge >= 0.3 is 0 Å². The smallest absolute Gasteiger partial charge is 0.274 e. The van der Waals surface area contributed by atoms with Crippen LogP contribution in [0, 0.1) is 11.6 Å². The second kappa shape index (κ2) is 13.2. The molecule has 0 radical (unpaired) electrons. The number of thiazole rings is 1. The number of nitrogens with zero attached hydrogens (tertiary/aromatic N) is 3. The summed E-state index contributed by atoms with van der Waals surface area (Å²) < 4.78 is 47.8. The number of fused-ring (bicyclic) bond motifs is 1. The Hall–Kier alpha value is -3.15. The van der Waals surface area contributed by atoms with Crippen LogP contribution in [0.15, 0.2) is 35.4 Å². The van der Waals surface area contributed by atoms with Gasteiger partial charge in [-0.2, -0.15) is 0 Å². The maximum atomic E-state index is 14.4. The summed E-state index contributed by atoms with van der Waals surface area (Å²) in [6.07, 6.45) is 7.55. The van der Waals surface area contributed by atoms with E-state index in [1.807, 2.05) is 32.3 Å². The van der Waals surface area contributed by atoms with E-state index in [0.717, 1.165) is 38.2 Å². The van der Waals surface area contributed by atoms with Crippen molar-refractivity contribution in [2.24, 2.45) is 0 Å². The van der Waals surface area contributed by atoms with E-state index < -0.39 is 22.6 Å². The van der Waals surface area contributed by atoms with Gasteiger partial charge in [-0.15, -0.1) is 11.3 Å². The number of benzene rings is 1. The van der Waals surface area contributed by atoms with Gasteiger partial charge in [0, 0.05) is 49.0 Å². The molecular formula is C32H39F2N3O5S. The average Bonchev–Trinajstić information content (AvgIpc) is 3.45. The number of hydrogen-bond acceptors (Lipinski definition) is 7. The first-order valence-corrected chi connectivity index (χ1v) is 15.8. The quantitative estimate of drug-likeness (QED) is 0.241. The number of hydrogen-bond donors (Lipinski definition) is 0. The second-order valence-corrected chi connectivity index (χ2v) is 12.9. The summed E-state index contributed by atoms with van der Waals surface area (Å²) >= 11 is 1.25. The molecule has 1 fully saturated rings. The number of unbranched alkanes of at least 4 members (excludes halogenated alkanes) is 1. The van der Waals surface area contributed by atoms with E-state index in [4.69, 9.17) is 14.2 Å². The van der Waals surface area contributed by atoms with Gasteiger partial charge in [0.1, 0.15) is 16.6 Å². The van der Waals surface area contributed by atoms with E-state index in [1.165, 1.54) is 23.5 Å². The fourth-order valence-electron chi connectivity index (χ4n) is 5.49. The van der Waals surface area contributed by atoms with Crippen molar-refractivity contribution >= 4 is 17.2 Å². The van der Waals surface area contributed by atoms with Gasteiger partial charge in [-0.05, 0) is 58.1 Å². The van der Waals surface area contributed by atoms with Crippen molar-refractivity contribution in [1.29, 1.82) is 0 Å². The second-order valence-electron chi connectivity index (χ2n) is 11.8. The van der Waals surface area contributed by atoms with Crippen LogP contribution < -0.4 is 10.2 Å². The van der Waals surface area contributed by atoms with Gasteiger partial charge in [-0.25, -0.2) is 13.8 Å². The Morgan fingerprint density at radius 1 is 1.23 bits per heavy atom. The van der Waals surface area contributed by atoms with Crippen molar-refractivity contribution in [2.75, 3.05) is 26.4 Å². The molecule has 2 aliphatic heterocycles. The van der Waals surface area contributed by atoms with Crippen LogP contribution in [0.2, 0.25) is 0 Å². The Bertz CT molecular complexity index is 1520.